The van der Waals surface area contributed by atoms with Gasteiger partial charge in [0.05, 0.1) is 5.56 Å². The Morgan fingerprint density at radius 2 is 2.05 bits per heavy atom. The number of hydrogen-bond acceptors (Lipinski definition) is 2. The highest BCUT2D eigenvalue weighted by molar-refractivity contribution is 9.10. The van der Waals surface area contributed by atoms with Gasteiger partial charge in [-0.25, -0.2) is 4.39 Å². The third kappa shape index (κ3) is 2.51. The molecule has 2 aromatic carbocycles. The second kappa shape index (κ2) is 5.21. The molecule has 0 unspecified atom stereocenters. The third-order valence-electron chi connectivity index (χ3n) is 3.05. The van der Waals surface area contributed by atoms with E-state index in [1.54, 1.807) is 30.3 Å². The summed E-state index contributed by atoms with van der Waals surface area (Å²) in [6.45, 7) is 0.198. The van der Waals surface area contributed by atoms with Crippen molar-refractivity contribution >= 4 is 27.8 Å². The number of rotatable bonds is 1. The van der Waals surface area contributed by atoms with E-state index in [1.807, 2.05) is 6.07 Å². The van der Waals surface area contributed by atoms with E-state index in [1.165, 1.54) is 12.1 Å². The molecule has 0 bridgehead atoms. The number of halogens is 2. The first-order chi connectivity index (χ1) is 9.63. The predicted octanol–water partition coefficient (Wildman–Crippen LogP) is 4.25. The van der Waals surface area contributed by atoms with Crippen molar-refractivity contribution in [2.75, 3.05) is 6.61 Å². The van der Waals surface area contributed by atoms with Crippen LogP contribution in [0.1, 0.15) is 15.9 Å². The summed E-state index contributed by atoms with van der Waals surface area (Å²) in [5.41, 5.74) is 1.69. The Kier molecular flexibility index (Phi) is 3.40. The molecule has 0 spiro atoms. The van der Waals surface area contributed by atoms with Gasteiger partial charge in [0.2, 0.25) is 0 Å². The van der Waals surface area contributed by atoms with Crippen molar-refractivity contribution in [3.63, 3.8) is 0 Å². The molecule has 0 aromatic heterocycles. The van der Waals surface area contributed by atoms with E-state index in [-0.39, 0.29) is 18.2 Å². The number of ketones is 1. The lowest BCUT2D eigenvalue weighted by Crippen LogP contribution is -2.19. The first-order valence-electron chi connectivity index (χ1n) is 6.07. The van der Waals surface area contributed by atoms with Gasteiger partial charge in [-0.3, -0.25) is 4.79 Å². The number of hydrogen-bond donors (Lipinski definition) is 0. The summed E-state index contributed by atoms with van der Waals surface area (Å²) in [5.74, 6) is 0.165. The zero-order valence-corrected chi connectivity index (χ0v) is 12.0. The van der Waals surface area contributed by atoms with Gasteiger partial charge < -0.3 is 4.74 Å². The molecule has 1 heterocycles. The summed E-state index contributed by atoms with van der Waals surface area (Å²) in [4.78, 5) is 12.4. The summed E-state index contributed by atoms with van der Waals surface area (Å²) in [7, 11) is 0. The molecule has 100 valence electrons. The molecule has 4 heteroatoms. The SMILES string of the molecule is O=C1/C(=C/c2cccc(F)c2)COc2ccc(Br)cc21. The van der Waals surface area contributed by atoms with Gasteiger partial charge in [0.25, 0.3) is 0 Å². The fourth-order valence-corrected chi connectivity index (χ4v) is 2.47. The van der Waals surface area contributed by atoms with Crippen molar-refractivity contribution in [1.82, 2.24) is 0 Å². The Morgan fingerprint density at radius 1 is 1.20 bits per heavy atom. The number of carbonyl (C=O) groups is 1. The molecule has 0 saturated heterocycles. The first-order valence-corrected chi connectivity index (χ1v) is 6.86. The van der Waals surface area contributed by atoms with Crippen LogP contribution < -0.4 is 4.74 Å². The molecule has 3 rings (SSSR count). The maximum absolute atomic E-state index is 13.2. The van der Waals surface area contributed by atoms with E-state index in [2.05, 4.69) is 15.9 Å². The van der Waals surface area contributed by atoms with Crippen LogP contribution in [0.25, 0.3) is 6.08 Å². The molecule has 1 aliphatic rings. The molecule has 0 N–H and O–H groups in total. The van der Waals surface area contributed by atoms with E-state index in [0.717, 1.165) is 4.47 Å². The molecule has 0 saturated carbocycles. The smallest absolute Gasteiger partial charge is 0.196 e. The summed E-state index contributed by atoms with van der Waals surface area (Å²) in [6, 6.07) is 11.4. The van der Waals surface area contributed by atoms with Crippen LogP contribution in [0.5, 0.6) is 5.75 Å². The Labute approximate surface area is 124 Å². The van der Waals surface area contributed by atoms with Crippen LogP contribution in [-0.4, -0.2) is 12.4 Å². The highest BCUT2D eigenvalue weighted by atomic mass is 79.9. The molecule has 0 atom stereocenters. The van der Waals surface area contributed by atoms with Gasteiger partial charge in [-0.05, 0) is 42.0 Å². The fourth-order valence-electron chi connectivity index (χ4n) is 2.10. The van der Waals surface area contributed by atoms with Crippen molar-refractivity contribution in [1.29, 1.82) is 0 Å². The van der Waals surface area contributed by atoms with Gasteiger partial charge in [-0.1, -0.05) is 28.1 Å². The van der Waals surface area contributed by atoms with Crippen LogP contribution in [0, 0.1) is 5.82 Å². The highest BCUT2D eigenvalue weighted by Crippen LogP contribution is 2.30. The van der Waals surface area contributed by atoms with Gasteiger partial charge in [0.15, 0.2) is 5.78 Å². The van der Waals surface area contributed by atoms with Crippen molar-refractivity contribution in [3.8, 4) is 5.75 Å². The minimum atomic E-state index is -0.327. The van der Waals surface area contributed by atoms with Crippen LogP contribution in [0.4, 0.5) is 4.39 Å². The standard InChI is InChI=1S/C16H10BrFO2/c17-12-4-5-15-14(8-12)16(19)11(9-20-15)6-10-2-1-3-13(18)7-10/h1-8H,9H2/b11-6+. The van der Waals surface area contributed by atoms with Gasteiger partial charge in [0, 0.05) is 10.0 Å². The monoisotopic (exact) mass is 332 g/mol. The van der Waals surface area contributed by atoms with E-state index >= 15 is 0 Å². The first kappa shape index (κ1) is 13.1. The lowest BCUT2D eigenvalue weighted by Gasteiger charge is -2.19. The Bertz CT molecular complexity index is 722. The van der Waals surface area contributed by atoms with Gasteiger partial charge in [-0.2, -0.15) is 0 Å². The van der Waals surface area contributed by atoms with Crippen molar-refractivity contribution in [2.24, 2.45) is 0 Å². The number of ether oxygens (including phenoxy) is 1. The minimum Gasteiger partial charge on any atom is -0.488 e. The summed E-state index contributed by atoms with van der Waals surface area (Å²) in [6.07, 6.45) is 1.66. The zero-order valence-electron chi connectivity index (χ0n) is 10.4. The van der Waals surface area contributed by atoms with Crippen LogP contribution in [0.15, 0.2) is 52.5 Å². The number of Topliss-reactive ketones (excluding diaryl/α,β-unsaturated/α-hetero) is 1. The van der Waals surface area contributed by atoms with E-state index in [0.29, 0.717) is 22.4 Å². The minimum absolute atomic E-state index is 0.0863. The molecule has 2 nitrogen and oxygen atoms in total. The fraction of sp³-hybridized carbons (Fsp3) is 0.0625. The zero-order chi connectivity index (χ0) is 14.1. The molecule has 0 radical (unpaired) electrons. The van der Waals surface area contributed by atoms with Crippen LogP contribution >= 0.6 is 15.9 Å². The van der Waals surface area contributed by atoms with Crippen LogP contribution in [0.3, 0.4) is 0 Å². The molecule has 2 aromatic rings. The van der Waals surface area contributed by atoms with Crippen molar-refractivity contribution < 1.29 is 13.9 Å². The topological polar surface area (TPSA) is 26.3 Å². The summed E-state index contributed by atoms with van der Waals surface area (Å²) >= 11 is 3.34. The maximum atomic E-state index is 13.2. The second-order valence-corrected chi connectivity index (χ2v) is 5.40. The van der Waals surface area contributed by atoms with E-state index in [4.69, 9.17) is 4.74 Å². The number of benzene rings is 2. The Hall–Kier alpha value is -1.94. The second-order valence-electron chi connectivity index (χ2n) is 4.48. The molecule has 1 aliphatic heterocycles. The van der Waals surface area contributed by atoms with E-state index < -0.39 is 0 Å². The third-order valence-corrected chi connectivity index (χ3v) is 3.54. The molecular weight excluding hydrogens is 323 g/mol. The molecule has 20 heavy (non-hydrogen) atoms. The quantitative estimate of drug-likeness (QED) is 0.730. The molecule has 0 fully saturated rings. The lowest BCUT2D eigenvalue weighted by atomic mass is 9.98. The normalized spacial score (nSPS) is 15.9. The van der Waals surface area contributed by atoms with Gasteiger partial charge in [-0.15, -0.1) is 0 Å². The average molecular weight is 333 g/mol. The molecule has 0 aliphatic carbocycles. The number of carbonyl (C=O) groups excluding carboxylic acids is 1. The van der Waals surface area contributed by atoms with E-state index in [9.17, 15) is 9.18 Å². The van der Waals surface area contributed by atoms with Crippen LogP contribution in [0.2, 0.25) is 0 Å². The van der Waals surface area contributed by atoms with Crippen molar-refractivity contribution in [2.45, 2.75) is 0 Å². The lowest BCUT2D eigenvalue weighted by molar-refractivity contribution is 0.100. The predicted molar refractivity (Wildman–Crippen MR) is 78.3 cm³/mol. The van der Waals surface area contributed by atoms with Crippen LogP contribution in [-0.2, 0) is 0 Å². The van der Waals surface area contributed by atoms with Gasteiger partial charge >= 0.3 is 0 Å². The van der Waals surface area contributed by atoms with Crippen molar-refractivity contribution in [3.05, 3.63) is 69.5 Å². The average Bonchev–Trinajstić information content (AvgIpc) is 2.43. The maximum Gasteiger partial charge on any atom is 0.196 e. The summed E-state index contributed by atoms with van der Waals surface area (Å²) < 4.78 is 19.5. The largest absolute Gasteiger partial charge is 0.488 e. The highest BCUT2D eigenvalue weighted by Gasteiger charge is 2.23. The Morgan fingerprint density at radius 3 is 2.85 bits per heavy atom. The summed E-state index contributed by atoms with van der Waals surface area (Å²) in [5, 5.41) is 0. The van der Waals surface area contributed by atoms with Gasteiger partial charge in [0.1, 0.15) is 18.2 Å². The molecular formula is C16H10BrFO2. The Balaban J connectivity index is 2.00. The number of fused-ring (bicyclic) bond motifs is 1. The molecule has 0 amide bonds.